The van der Waals surface area contributed by atoms with E-state index in [-0.39, 0.29) is 6.61 Å². The number of benzene rings is 2. The van der Waals surface area contributed by atoms with E-state index in [1.807, 2.05) is 23.6 Å². The Labute approximate surface area is 193 Å². The summed E-state index contributed by atoms with van der Waals surface area (Å²) in [5, 5.41) is 8.12. The summed E-state index contributed by atoms with van der Waals surface area (Å²) in [4.78, 5) is 37.0. The summed E-state index contributed by atoms with van der Waals surface area (Å²) in [5.41, 5.74) is 9.58. The van der Waals surface area contributed by atoms with Crippen LogP contribution in [0.4, 0.5) is 22.0 Å². The van der Waals surface area contributed by atoms with Gasteiger partial charge in [0.25, 0.3) is 0 Å². The van der Waals surface area contributed by atoms with Crippen molar-refractivity contribution in [3.05, 3.63) is 72.0 Å². The van der Waals surface area contributed by atoms with Gasteiger partial charge in [-0.15, -0.1) is 11.3 Å². The third kappa shape index (κ3) is 5.31. The van der Waals surface area contributed by atoms with Gasteiger partial charge in [0, 0.05) is 28.5 Å². The Bertz CT molecular complexity index is 1310. The first kappa shape index (κ1) is 21.9. The number of amides is 2. The molecule has 0 bridgehead atoms. The van der Waals surface area contributed by atoms with Gasteiger partial charge < -0.3 is 21.1 Å². The largest absolute Gasteiger partial charge is 0.462 e. The van der Waals surface area contributed by atoms with Crippen LogP contribution in [0, 0.1) is 0 Å². The Morgan fingerprint density at radius 3 is 2.61 bits per heavy atom. The molecule has 0 unspecified atom stereocenters. The predicted molar refractivity (Wildman–Crippen MR) is 128 cm³/mol. The van der Waals surface area contributed by atoms with Crippen molar-refractivity contribution >= 4 is 40.5 Å². The molecule has 0 spiro atoms. The maximum absolute atomic E-state index is 12.5. The van der Waals surface area contributed by atoms with Crippen molar-refractivity contribution in [3.63, 3.8) is 0 Å². The van der Waals surface area contributed by atoms with E-state index >= 15 is 0 Å². The summed E-state index contributed by atoms with van der Waals surface area (Å²) in [6, 6.07) is 13.4. The molecule has 0 saturated heterocycles. The van der Waals surface area contributed by atoms with Crippen LogP contribution in [0.2, 0.25) is 0 Å². The summed E-state index contributed by atoms with van der Waals surface area (Å²) in [6.45, 7) is 2.01. The Kier molecular flexibility index (Phi) is 6.56. The van der Waals surface area contributed by atoms with E-state index in [0.29, 0.717) is 33.3 Å². The number of esters is 1. The van der Waals surface area contributed by atoms with Gasteiger partial charge in [0.2, 0.25) is 0 Å². The van der Waals surface area contributed by atoms with Crippen LogP contribution in [0.25, 0.3) is 21.8 Å². The Hall–Kier alpha value is -4.31. The van der Waals surface area contributed by atoms with Gasteiger partial charge in [-0.2, -0.15) is 0 Å². The predicted octanol–water partition coefficient (Wildman–Crippen LogP) is 4.67. The van der Waals surface area contributed by atoms with Crippen molar-refractivity contribution in [2.24, 2.45) is 0 Å². The minimum absolute atomic E-state index is 0.278. The molecule has 4 rings (SSSR count). The van der Waals surface area contributed by atoms with Crippen molar-refractivity contribution in [2.75, 3.05) is 23.0 Å². The molecule has 0 fully saturated rings. The third-order valence-electron chi connectivity index (χ3n) is 4.53. The number of ether oxygens (including phenoxy) is 1. The molecule has 10 heteroatoms. The van der Waals surface area contributed by atoms with Gasteiger partial charge in [-0.25, -0.2) is 24.5 Å². The standard InChI is InChI=1S/C23H20N6O3S/c1-2-32-22(30)15-6-4-8-17(10-15)28-23(31)27-16-7-3-5-14(9-16)19-12-33-21(29-19)18-11-25-13-26-20(18)24/h3-13H,2H2,1H3,(H2,24,25,26)(H2,27,28,31). The molecule has 4 aromatic rings. The number of carbonyl (C=O) groups is 2. The highest BCUT2D eigenvalue weighted by molar-refractivity contribution is 7.13. The molecule has 2 aromatic carbocycles. The first-order valence-corrected chi connectivity index (χ1v) is 10.9. The third-order valence-corrected chi connectivity index (χ3v) is 5.40. The zero-order chi connectivity index (χ0) is 23.2. The van der Waals surface area contributed by atoms with Crippen LogP contribution in [0.3, 0.4) is 0 Å². The molecule has 0 atom stereocenters. The molecule has 166 valence electrons. The van der Waals surface area contributed by atoms with E-state index in [1.165, 1.54) is 17.7 Å². The van der Waals surface area contributed by atoms with Crippen LogP contribution in [-0.4, -0.2) is 33.6 Å². The highest BCUT2D eigenvalue weighted by Crippen LogP contribution is 2.31. The van der Waals surface area contributed by atoms with E-state index in [1.54, 1.807) is 43.5 Å². The summed E-state index contributed by atoms with van der Waals surface area (Å²) in [5.74, 6) is -0.0780. The fourth-order valence-corrected chi connectivity index (χ4v) is 3.87. The van der Waals surface area contributed by atoms with Crippen LogP contribution in [0.5, 0.6) is 0 Å². The van der Waals surface area contributed by atoms with E-state index < -0.39 is 12.0 Å². The van der Waals surface area contributed by atoms with Gasteiger partial charge in [0.05, 0.1) is 23.4 Å². The normalized spacial score (nSPS) is 10.5. The van der Waals surface area contributed by atoms with Crippen molar-refractivity contribution in [1.29, 1.82) is 0 Å². The molecule has 33 heavy (non-hydrogen) atoms. The SMILES string of the molecule is CCOC(=O)c1cccc(NC(=O)Nc2cccc(-c3csc(-c4cncnc4N)n3)c2)c1. The fraction of sp³-hybridized carbons (Fsp3) is 0.0870. The van der Waals surface area contributed by atoms with Gasteiger partial charge in [-0.05, 0) is 37.3 Å². The molecule has 2 aromatic heterocycles. The van der Waals surface area contributed by atoms with Crippen molar-refractivity contribution < 1.29 is 14.3 Å². The van der Waals surface area contributed by atoms with E-state index in [0.717, 1.165) is 11.3 Å². The molecule has 0 aliphatic carbocycles. The maximum atomic E-state index is 12.5. The minimum Gasteiger partial charge on any atom is -0.462 e. The maximum Gasteiger partial charge on any atom is 0.338 e. The molecule has 0 aliphatic heterocycles. The number of anilines is 3. The van der Waals surface area contributed by atoms with Crippen molar-refractivity contribution in [3.8, 4) is 21.8 Å². The average Bonchev–Trinajstić information content (AvgIpc) is 3.30. The molecular weight excluding hydrogens is 440 g/mol. The summed E-state index contributed by atoms with van der Waals surface area (Å²) >= 11 is 1.43. The minimum atomic E-state index is -0.444. The highest BCUT2D eigenvalue weighted by Gasteiger charge is 2.12. The first-order chi connectivity index (χ1) is 16.0. The number of nitrogens with one attached hydrogen (secondary N) is 2. The lowest BCUT2D eigenvalue weighted by Gasteiger charge is -2.10. The number of nitrogen functional groups attached to an aromatic ring is 1. The van der Waals surface area contributed by atoms with Crippen LogP contribution >= 0.6 is 11.3 Å². The smallest absolute Gasteiger partial charge is 0.338 e. The molecule has 2 amide bonds. The number of aromatic nitrogens is 3. The van der Waals surface area contributed by atoms with Gasteiger partial charge in [0.15, 0.2) is 0 Å². The molecule has 0 aliphatic rings. The van der Waals surface area contributed by atoms with Gasteiger partial charge in [-0.1, -0.05) is 18.2 Å². The second-order valence-corrected chi connectivity index (χ2v) is 7.68. The number of carbonyl (C=O) groups excluding carboxylic acids is 2. The van der Waals surface area contributed by atoms with Crippen molar-refractivity contribution in [2.45, 2.75) is 6.92 Å². The monoisotopic (exact) mass is 460 g/mol. The quantitative estimate of drug-likeness (QED) is 0.356. The Morgan fingerprint density at radius 2 is 1.85 bits per heavy atom. The summed E-state index contributed by atoms with van der Waals surface area (Å²) in [6.07, 6.45) is 3.02. The van der Waals surface area contributed by atoms with Gasteiger partial charge in [0.1, 0.15) is 17.2 Å². The number of nitrogens with zero attached hydrogens (tertiary/aromatic N) is 3. The van der Waals surface area contributed by atoms with E-state index in [4.69, 9.17) is 10.5 Å². The molecule has 9 nitrogen and oxygen atoms in total. The molecule has 2 heterocycles. The molecule has 4 N–H and O–H groups in total. The number of nitrogens with two attached hydrogens (primary N) is 1. The van der Waals surface area contributed by atoms with Crippen LogP contribution < -0.4 is 16.4 Å². The Balaban J connectivity index is 1.46. The summed E-state index contributed by atoms with van der Waals surface area (Å²) in [7, 11) is 0. The lowest BCUT2D eigenvalue weighted by molar-refractivity contribution is 0.0526. The fourth-order valence-electron chi connectivity index (χ4n) is 3.02. The van der Waals surface area contributed by atoms with Gasteiger partial charge in [-0.3, -0.25) is 0 Å². The zero-order valence-corrected chi connectivity index (χ0v) is 18.4. The van der Waals surface area contributed by atoms with E-state index in [9.17, 15) is 9.59 Å². The molecular formula is C23H20N6O3S. The number of urea groups is 1. The van der Waals surface area contributed by atoms with Gasteiger partial charge >= 0.3 is 12.0 Å². The lowest BCUT2D eigenvalue weighted by atomic mass is 10.1. The molecule has 0 saturated carbocycles. The van der Waals surface area contributed by atoms with Crippen molar-refractivity contribution in [1.82, 2.24) is 15.0 Å². The topological polar surface area (TPSA) is 132 Å². The zero-order valence-electron chi connectivity index (χ0n) is 17.6. The molecule has 0 radical (unpaired) electrons. The Morgan fingerprint density at radius 1 is 1.09 bits per heavy atom. The van der Waals surface area contributed by atoms with E-state index in [2.05, 4.69) is 25.6 Å². The van der Waals surface area contributed by atoms with Crippen LogP contribution in [-0.2, 0) is 4.74 Å². The first-order valence-electron chi connectivity index (χ1n) is 10.0. The lowest BCUT2D eigenvalue weighted by Crippen LogP contribution is -2.19. The number of hydrogen-bond donors (Lipinski definition) is 3. The summed E-state index contributed by atoms with van der Waals surface area (Å²) < 4.78 is 4.99. The van der Waals surface area contributed by atoms with Crippen LogP contribution in [0.15, 0.2) is 66.4 Å². The second-order valence-electron chi connectivity index (χ2n) is 6.82. The highest BCUT2D eigenvalue weighted by atomic mass is 32.1. The number of rotatable bonds is 6. The van der Waals surface area contributed by atoms with Crippen LogP contribution in [0.1, 0.15) is 17.3 Å². The average molecular weight is 461 g/mol. The number of hydrogen-bond acceptors (Lipinski definition) is 8. The number of thiazole rings is 1. The second kappa shape index (κ2) is 9.88.